The fraction of sp³-hybridized carbons (Fsp3) is 0.792. The van der Waals surface area contributed by atoms with Crippen LogP contribution in [0, 0.1) is 28.6 Å². The Morgan fingerprint density at radius 3 is 2.52 bits per heavy atom. The van der Waals surface area contributed by atoms with E-state index in [-0.39, 0.29) is 38.5 Å². The molecule has 4 nitrogen and oxygen atoms in total. The average Bonchev–Trinajstić information content (AvgIpc) is 3.17. The van der Waals surface area contributed by atoms with Crippen LogP contribution in [0.4, 0.5) is 0 Å². The molecular weight excluding hydrogens is 384 g/mol. The first-order valence-corrected chi connectivity index (χ1v) is 12.2. The standard InChI is InChI=1S/C24H32O4S/c1-14(25)29-19-13-15-12-16(26)4-8-22(15,2)17-5-9-23(3)18(21(17)19)6-10-24(23)11-7-20(27)28-24/h12,17-19,21H,4-11,13H2,1-3H3/t17-,18-,19?,21+,22-,23-,24?/m0/s1. The van der Waals surface area contributed by atoms with E-state index >= 15 is 0 Å². The van der Waals surface area contributed by atoms with Gasteiger partial charge in [0.25, 0.3) is 0 Å². The number of fused-ring (bicyclic) bond motifs is 6. The molecule has 29 heavy (non-hydrogen) atoms. The van der Waals surface area contributed by atoms with Crippen molar-refractivity contribution in [1.29, 1.82) is 0 Å². The molecule has 0 bridgehead atoms. The second kappa shape index (κ2) is 6.45. The van der Waals surface area contributed by atoms with E-state index in [1.807, 2.05) is 6.08 Å². The zero-order chi connectivity index (χ0) is 20.6. The van der Waals surface area contributed by atoms with E-state index in [2.05, 4.69) is 13.8 Å². The molecule has 1 heterocycles. The summed E-state index contributed by atoms with van der Waals surface area (Å²) in [5, 5.41) is 0.409. The summed E-state index contributed by atoms with van der Waals surface area (Å²) in [6, 6.07) is 0. The maximum atomic E-state index is 12.2. The topological polar surface area (TPSA) is 60.4 Å². The number of rotatable bonds is 1. The normalized spacial score (nSPS) is 48.6. The summed E-state index contributed by atoms with van der Waals surface area (Å²) in [5.41, 5.74) is 1.09. The van der Waals surface area contributed by atoms with Gasteiger partial charge in [0.1, 0.15) is 5.60 Å². The molecule has 1 aliphatic heterocycles. The summed E-state index contributed by atoms with van der Waals surface area (Å²) in [7, 11) is 0. The van der Waals surface area contributed by atoms with Crippen LogP contribution in [0.5, 0.6) is 0 Å². The van der Waals surface area contributed by atoms with Gasteiger partial charge in [-0.1, -0.05) is 31.2 Å². The van der Waals surface area contributed by atoms with Crippen molar-refractivity contribution in [2.75, 3.05) is 0 Å². The largest absolute Gasteiger partial charge is 0.458 e. The van der Waals surface area contributed by atoms with Crippen LogP contribution in [-0.2, 0) is 19.1 Å². The van der Waals surface area contributed by atoms with Gasteiger partial charge >= 0.3 is 5.97 Å². The maximum absolute atomic E-state index is 12.2. The fourth-order valence-corrected chi connectivity index (χ4v) is 9.36. The Kier molecular flexibility index (Phi) is 4.41. The lowest BCUT2D eigenvalue weighted by molar-refractivity contribution is -0.167. The molecule has 1 spiro atoms. The van der Waals surface area contributed by atoms with Crippen molar-refractivity contribution in [1.82, 2.24) is 0 Å². The zero-order valence-corrected chi connectivity index (χ0v) is 18.6. The van der Waals surface area contributed by atoms with Crippen molar-refractivity contribution in [2.45, 2.75) is 89.4 Å². The molecule has 5 heteroatoms. The van der Waals surface area contributed by atoms with Gasteiger partial charge in [-0.05, 0) is 74.2 Å². The Labute approximate surface area is 177 Å². The molecule has 0 aromatic heterocycles. The summed E-state index contributed by atoms with van der Waals surface area (Å²) < 4.78 is 6.06. The van der Waals surface area contributed by atoms with Crippen molar-refractivity contribution < 1.29 is 19.1 Å². The number of ketones is 1. The van der Waals surface area contributed by atoms with Crippen molar-refractivity contribution in [3.05, 3.63) is 11.6 Å². The van der Waals surface area contributed by atoms with Gasteiger partial charge in [-0.15, -0.1) is 0 Å². The highest BCUT2D eigenvalue weighted by Gasteiger charge is 2.68. The number of allylic oxidation sites excluding steroid dienone is 1. The predicted molar refractivity (Wildman–Crippen MR) is 112 cm³/mol. The minimum Gasteiger partial charge on any atom is -0.458 e. The van der Waals surface area contributed by atoms with Gasteiger partial charge in [0, 0.05) is 30.4 Å². The lowest BCUT2D eigenvalue weighted by Gasteiger charge is -2.61. The molecule has 0 amide bonds. The minimum atomic E-state index is -0.287. The minimum absolute atomic E-state index is 0.0119. The lowest BCUT2D eigenvalue weighted by Crippen LogP contribution is -2.57. The smallest absolute Gasteiger partial charge is 0.306 e. The van der Waals surface area contributed by atoms with Crippen molar-refractivity contribution in [2.24, 2.45) is 28.6 Å². The molecule has 0 radical (unpaired) electrons. The highest BCUT2D eigenvalue weighted by Crippen LogP contribution is 2.70. The van der Waals surface area contributed by atoms with E-state index < -0.39 is 0 Å². The van der Waals surface area contributed by atoms with Gasteiger partial charge in [0.15, 0.2) is 10.9 Å². The number of thioether (sulfide) groups is 1. The second-order valence-electron chi connectivity index (χ2n) is 10.7. The Morgan fingerprint density at radius 2 is 1.83 bits per heavy atom. The molecule has 1 saturated heterocycles. The number of hydrogen-bond donors (Lipinski definition) is 0. The Morgan fingerprint density at radius 1 is 1.07 bits per heavy atom. The van der Waals surface area contributed by atoms with Gasteiger partial charge in [-0.2, -0.15) is 0 Å². The third kappa shape index (κ3) is 2.68. The summed E-state index contributed by atoms with van der Waals surface area (Å²) in [5.74, 6) is 1.67. The van der Waals surface area contributed by atoms with E-state index in [9.17, 15) is 14.4 Å². The highest BCUT2D eigenvalue weighted by molar-refractivity contribution is 8.14. The van der Waals surface area contributed by atoms with Crippen LogP contribution in [-0.4, -0.2) is 27.7 Å². The van der Waals surface area contributed by atoms with Gasteiger partial charge < -0.3 is 4.74 Å². The van der Waals surface area contributed by atoms with Crippen molar-refractivity contribution in [3.8, 4) is 0 Å². The molecule has 0 aromatic rings. The van der Waals surface area contributed by atoms with Crippen LogP contribution >= 0.6 is 11.8 Å². The first-order valence-electron chi connectivity index (χ1n) is 11.3. The van der Waals surface area contributed by atoms with E-state index in [1.54, 1.807) is 6.92 Å². The molecule has 0 aromatic carbocycles. The van der Waals surface area contributed by atoms with Crippen molar-refractivity contribution in [3.63, 3.8) is 0 Å². The van der Waals surface area contributed by atoms with Gasteiger partial charge in [0.05, 0.1) is 0 Å². The van der Waals surface area contributed by atoms with Gasteiger partial charge in [0.2, 0.25) is 0 Å². The van der Waals surface area contributed by atoms with Gasteiger partial charge in [-0.25, -0.2) is 0 Å². The van der Waals surface area contributed by atoms with Crippen LogP contribution in [0.3, 0.4) is 0 Å². The summed E-state index contributed by atoms with van der Waals surface area (Å²) in [6.45, 7) is 6.42. The Balaban J connectivity index is 1.56. The quantitative estimate of drug-likeness (QED) is 0.572. The second-order valence-corrected chi connectivity index (χ2v) is 12.1. The molecule has 7 atom stereocenters. The van der Waals surface area contributed by atoms with Crippen LogP contribution in [0.2, 0.25) is 0 Å². The van der Waals surface area contributed by atoms with Crippen LogP contribution < -0.4 is 0 Å². The molecule has 3 saturated carbocycles. The highest BCUT2D eigenvalue weighted by atomic mass is 32.2. The first kappa shape index (κ1) is 19.8. The number of esters is 1. The molecule has 158 valence electrons. The monoisotopic (exact) mass is 416 g/mol. The van der Waals surface area contributed by atoms with Gasteiger partial charge in [-0.3, -0.25) is 14.4 Å². The van der Waals surface area contributed by atoms with Crippen LogP contribution in [0.25, 0.3) is 0 Å². The van der Waals surface area contributed by atoms with Crippen LogP contribution in [0.15, 0.2) is 11.6 Å². The molecule has 0 N–H and O–H groups in total. The van der Waals surface area contributed by atoms with E-state index in [4.69, 9.17) is 4.74 Å². The van der Waals surface area contributed by atoms with E-state index in [0.29, 0.717) is 30.6 Å². The zero-order valence-electron chi connectivity index (χ0n) is 17.8. The summed E-state index contributed by atoms with van der Waals surface area (Å²) >= 11 is 1.50. The lowest BCUT2D eigenvalue weighted by atomic mass is 9.46. The van der Waals surface area contributed by atoms with E-state index in [0.717, 1.165) is 44.9 Å². The number of carbonyl (C=O) groups is 3. The fourth-order valence-electron chi connectivity index (χ4n) is 8.13. The third-order valence-electron chi connectivity index (χ3n) is 9.61. The first-order chi connectivity index (χ1) is 13.7. The Hall–Kier alpha value is -1.10. The average molecular weight is 417 g/mol. The molecule has 5 aliphatic rings. The summed E-state index contributed by atoms with van der Waals surface area (Å²) in [6.07, 6.45) is 10.0. The van der Waals surface area contributed by atoms with Crippen LogP contribution in [0.1, 0.15) is 78.6 Å². The maximum Gasteiger partial charge on any atom is 0.306 e. The van der Waals surface area contributed by atoms with Crippen molar-refractivity contribution >= 4 is 28.6 Å². The number of carbonyl (C=O) groups excluding carboxylic acids is 3. The van der Waals surface area contributed by atoms with E-state index in [1.165, 1.54) is 17.3 Å². The Bertz CT molecular complexity index is 818. The molecule has 2 unspecified atom stereocenters. The molecule has 5 rings (SSSR count). The number of hydrogen-bond acceptors (Lipinski definition) is 5. The summed E-state index contributed by atoms with van der Waals surface area (Å²) in [4.78, 5) is 36.4. The number of ether oxygens (including phenoxy) is 1. The molecule has 4 fully saturated rings. The SMILES string of the molecule is CC(=O)SC1CC2=CC(=O)CC[C@]2(C)[C@H]2CC[C@@]3(C)[C@@H](CCC34CCC(=O)O4)[C@H]12. The molecular formula is C24H32O4S. The third-order valence-corrected chi connectivity index (χ3v) is 10.7. The molecule has 4 aliphatic carbocycles. The predicted octanol–water partition coefficient (Wildman–Crippen LogP) is 4.85.